The van der Waals surface area contributed by atoms with Crippen LogP contribution in [0.5, 0.6) is 0 Å². The molecule has 1 aromatic carbocycles. The van der Waals surface area contributed by atoms with Crippen LogP contribution in [0.25, 0.3) is 0 Å². The molecule has 0 radical (unpaired) electrons. The maximum atomic E-state index is 5.81. The summed E-state index contributed by atoms with van der Waals surface area (Å²) in [7, 11) is 0. The Kier molecular flexibility index (Phi) is 4.70. The minimum absolute atomic E-state index is 0.424. The zero-order valence-corrected chi connectivity index (χ0v) is 14.2. The number of nitrogens with zero attached hydrogens (tertiary/aromatic N) is 1. The molecule has 22 heavy (non-hydrogen) atoms. The highest BCUT2D eigenvalue weighted by molar-refractivity contribution is 5.20. The van der Waals surface area contributed by atoms with Gasteiger partial charge in [0.25, 0.3) is 0 Å². The first-order chi connectivity index (χ1) is 10.5. The first-order valence-corrected chi connectivity index (χ1v) is 8.58. The predicted octanol–water partition coefficient (Wildman–Crippen LogP) is 4.41. The molecular formula is C20H29NO. The molecule has 0 spiro atoms. The molecule has 3 rings (SSSR count). The smallest absolute Gasteiger partial charge is 0.0658 e. The van der Waals surface area contributed by atoms with Crippen LogP contribution < -0.4 is 0 Å². The van der Waals surface area contributed by atoms with Crippen molar-refractivity contribution in [3.05, 3.63) is 47.5 Å². The molecule has 2 bridgehead atoms. The largest absolute Gasteiger partial charge is 0.378 e. The third kappa shape index (κ3) is 3.99. The van der Waals surface area contributed by atoms with Crippen molar-refractivity contribution in [2.45, 2.75) is 58.7 Å². The van der Waals surface area contributed by atoms with Crippen molar-refractivity contribution in [3.8, 4) is 0 Å². The van der Waals surface area contributed by atoms with E-state index in [1.165, 1.54) is 24.8 Å². The SMILES string of the molecule is CC(C)(C)CCC1=CC2COCC(C1)N2Cc1ccccc1. The van der Waals surface area contributed by atoms with Crippen LogP contribution in [-0.4, -0.2) is 30.2 Å². The van der Waals surface area contributed by atoms with E-state index in [2.05, 4.69) is 62.1 Å². The van der Waals surface area contributed by atoms with Gasteiger partial charge in [-0.15, -0.1) is 0 Å². The number of fused-ring (bicyclic) bond motifs is 2. The lowest BCUT2D eigenvalue weighted by molar-refractivity contribution is -0.0443. The Hall–Kier alpha value is -1.12. The van der Waals surface area contributed by atoms with Crippen molar-refractivity contribution in [1.82, 2.24) is 4.90 Å². The van der Waals surface area contributed by atoms with Crippen LogP contribution in [0.2, 0.25) is 0 Å². The third-order valence-electron chi connectivity index (χ3n) is 4.82. The van der Waals surface area contributed by atoms with E-state index in [1.54, 1.807) is 5.57 Å². The van der Waals surface area contributed by atoms with Gasteiger partial charge in [-0.25, -0.2) is 0 Å². The van der Waals surface area contributed by atoms with E-state index in [4.69, 9.17) is 4.74 Å². The van der Waals surface area contributed by atoms with Crippen LogP contribution in [0.15, 0.2) is 42.0 Å². The number of morpholine rings is 1. The molecule has 1 saturated heterocycles. The highest BCUT2D eigenvalue weighted by Crippen LogP contribution is 2.33. The summed E-state index contributed by atoms with van der Waals surface area (Å²) in [5.74, 6) is 0. The van der Waals surface area contributed by atoms with Crippen molar-refractivity contribution in [1.29, 1.82) is 0 Å². The summed E-state index contributed by atoms with van der Waals surface area (Å²) in [4.78, 5) is 2.64. The Morgan fingerprint density at radius 3 is 2.59 bits per heavy atom. The second-order valence-corrected chi connectivity index (χ2v) is 8.01. The van der Waals surface area contributed by atoms with Gasteiger partial charge in [0.05, 0.1) is 19.3 Å². The van der Waals surface area contributed by atoms with Crippen LogP contribution >= 0.6 is 0 Å². The van der Waals surface area contributed by atoms with Gasteiger partial charge in [0, 0.05) is 12.6 Å². The van der Waals surface area contributed by atoms with Crippen LogP contribution in [0.4, 0.5) is 0 Å². The molecule has 0 aliphatic carbocycles. The van der Waals surface area contributed by atoms with Gasteiger partial charge in [-0.1, -0.05) is 62.8 Å². The molecule has 1 fully saturated rings. The molecule has 2 nitrogen and oxygen atoms in total. The highest BCUT2D eigenvalue weighted by atomic mass is 16.5. The summed E-state index contributed by atoms with van der Waals surface area (Å²) >= 11 is 0. The summed E-state index contributed by atoms with van der Waals surface area (Å²) in [6.45, 7) is 9.78. The monoisotopic (exact) mass is 299 g/mol. The minimum Gasteiger partial charge on any atom is -0.378 e. The summed E-state index contributed by atoms with van der Waals surface area (Å²) in [6, 6.07) is 11.8. The van der Waals surface area contributed by atoms with E-state index < -0.39 is 0 Å². The van der Waals surface area contributed by atoms with Crippen molar-refractivity contribution < 1.29 is 4.74 Å². The molecule has 120 valence electrons. The average molecular weight is 299 g/mol. The molecule has 0 N–H and O–H groups in total. The maximum Gasteiger partial charge on any atom is 0.0658 e. The van der Waals surface area contributed by atoms with Crippen molar-refractivity contribution in [3.63, 3.8) is 0 Å². The molecular weight excluding hydrogens is 270 g/mol. The van der Waals surface area contributed by atoms with Gasteiger partial charge in [0.2, 0.25) is 0 Å². The lowest BCUT2D eigenvalue weighted by atomic mass is 9.84. The Balaban J connectivity index is 1.68. The molecule has 2 atom stereocenters. The van der Waals surface area contributed by atoms with Crippen molar-refractivity contribution in [2.24, 2.45) is 5.41 Å². The van der Waals surface area contributed by atoms with E-state index in [9.17, 15) is 0 Å². The lowest BCUT2D eigenvalue weighted by Gasteiger charge is -2.45. The first-order valence-electron chi connectivity index (χ1n) is 8.58. The van der Waals surface area contributed by atoms with Crippen LogP contribution in [0.1, 0.15) is 45.6 Å². The topological polar surface area (TPSA) is 12.5 Å². The number of ether oxygens (including phenoxy) is 1. The zero-order chi connectivity index (χ0) is 15.6. The highest BCUT2D eigenvalue weighted by Gasteiger charge is 2.34. The fraction of sp³-hybridized carbons (Fsp3) is 0.600. The van der Waals surface area contributed by atoms with Gasteiger partial charge in [-0.3, -0.25) is 4.90 Å². The number of hydrogen-bond acceptors (Lipinski definition) is 2. The molecule has 2 heterocycles. The van der Waals surface area contributed by atoms with E-state index in [1.807, 2.05) is 0 Å². The molecule has 2 heteroatoms. The third-order valence-corrected chi connectivity index (χ3v) is 4.82. The quantitative estimate of drug-likeness (QED) is 0.763. The van der Waals surface area contributed by atoms with Gasteiger partial charge in [-0.2, -0.15) is 0 Å². The summed E-state index contributed by atoms with van der Waals surface area (Å²) in [6.07, 6.45) is 6.19. The number of rotatable bonds is 4. The fourth-order valence-electron chi connectivity index (χ4n) is 3.51. The molecule has 0 aromatic heterocycles. The number of benzene rings is 1. The molecule has 2 unspecified atom stereocenters. The lowest BCUT2D eigenvalue weighted by Crippen LogP contribution is -2.53. The molecule has 1 aromatic rings. The van der Waals surface area contributed by atoms with Crippen LogP contribution in [0.3, 0.4) is 0 Å². The summed E-state index contributed by atoms with van der Waals surface area (Å²) in [5.41, 5.74) is 3.48. The second-order valence-electron chi connectivity index (χ2n) is 8.01. The normalized spacial score (nSPS) is 25.9. The van der Waals surface area contributed by atoms with E-state index in [-0.39, 0.29) is 0 Å². The standard InChI is InChI=1S/C20H29NO/c1-20(2,3)10-9-17-11-18-14-22-15-19(12-17)21(18)13-16-7-5-4-6-8-16/h4-8,11,18-19H,9-10,12-15H2,1-3H3. The Labute approximate surface area is 135 Å². The van der Waals surface area contributed by atoms with Crippen molar-refractivity contribution >= 4 is 0 Å². The Morgan fingerprint density at radius 1 is 1.14 bits per heavy atom. The van der Waals surface area contributed by atoms with Crippen LogP contribution in [-0.2, 0) is 11.3 Å². The van der Waals surface area contributed by atoms with E-state index in [0.717, 1.165) is 19.8 Å². The first kappa shape index (κ1) is 15.8. The molecule has 2 aliphatic heterocycles. The van der Waals surface area contributed by atoms with Gasteiger partial charge < -0.3 is 4.74 Å². The second kappa shape index (κ2) is 6.55. The van der Waals surface area contributed by atoms with Gasteiger partial charge in [0.1, 0.15) is 0 Å². The molecule has 0 amide bonds. The van der Waals surface area contributed by atoms with Crippen LogP contribution in [0, 0.1) is 5.41 Å². The van der Waals surface area contributed by atoms with Gasteiger partial charge >= 0.3 is 0 Å². The Morgan fingerprint density at radius 2 is 1.91 bits per heavy atom. The van der Waals surface area contributed by atoms with E-state index >= 15 is 0 Å². The van der Waals surface area contributed by atoms with Crippen molar-refractivity contribution in [2.75, 3.05) is 13.2 Å². The minimum atomic E-state index is 0.424. The van der Waals surface area contributed by atoms with Gasteiger partial charge in [-0.05, 0) is 30.2 Å². The van der Waals surface area contributed by atoms with E-state index in [0.29, 0.717) is 17.5 Å². The zero-order valence-electron chi connectivity index (χ0n) is 14.2. The molecule has 0 saturated carbocycles. The maximum absolute atomic E-state index is 5.81. The fourth-order valence-corrected chi connectivity index (χ4v) is 3.51. The average Bonchev–Trinajstić information content (AvgIpc) is 2.45. The predicted molar refractivity (Wildman–Crippen MR) is 91.8 cm³/mol. The van der Waals surface area contributed by atoms with Gasteiger partial charge in [0.15, 0.2) is 0 Å². The molecule has 2 aliphatic rings. The Bertz CT molecular complexity index is 514. The summed E-state index contributed by atoms with van der Waals surface area (Å²) in [5, 5.41) is 0. The number of hydrogen-bond donors (Lipinski definition) is 0. The summed E-state index contributed by atoms with van der Waals surface area (Å²) < 4.78 is 5.81.